The summed E-state index contributed by atoms with van der Waals surface area (Å²) in [5.41, 5.74) is 3.78. The van der Waals surface area contributed by atoms with E-state index in [0.29, 0.717) is 6.54 Å². The normalized spacial score (nSPS) is 21.3. The van der Waals surface area contributed by atoms with Gasteiger partial charge >= 0.3 is 0 Å². The standard InChI is InChI=1S/C21H24BrFN2S/c1-12-9-17(26-20(12)22)19-18-15(14-7-5-6-8-16(14)24-18)10-13(2)25(19)11-21(3,4)23/h5-9,13,19,24H,10-11H2,1-4H3/t13-,19-/m1/s1. The number of nitrogens with one attached hydrogen (secondary N) is 1. The smallest absolute Gasteiger partial charge is 0.118 e. The first-order chi connectivity index (χ1) is 12.2. The third-order valence-corrected chi connectivity index (χ3v) is 7.41. The number of halogens is 2. The fraction of sp³-hybridized carbons (Fsp3) is 0.429. The third-order valence-electron chi connectivity index (χ3n) is 5.22. The minimum absolute atomic E-state index is 0.0613. The van der Waals surface area contributed by atoms with Gasteiger partial charge in [-0.1, -0.05) is 18.2 Å². The molecule has 1 aliphatic heterocycles. The lowest BCUT2D eigenvalue weighted by atomic mass is 9.90. The zero-order chi connectivity index (χ0) is 18.6. The molecule has 4 rings (SSSR count). The summed E-state index contributed by atoms with van der Waals surface area (Å²) in [6, 6.07) is 11.1. The molecule has 5 heteroatoms. The summed E-state index contributed by atoms with van der Waals surface area (Å²) in [6.07, 6.45) is 0.942. The highest BCUT2D eigenvalue weighted by atomic mass is 79.9. The summed E-state index contributed by atoms with van der Waals surface area (Å²) in [5.74, 6) is 0. The van der Waals surface area contributed by atoms with Crippen LogP contribution in [-0.2, 0) is 6.42 Å². The lowest BCUT2D eigenvalue weighted by Crippen LogP contribution is -2.47. The summed E-state index contributed by atoms with van der Waals surface area (Å²) in [6.45, 7) is 8.10. The zero-order valence-electron chi connectivity index (χ0n) is 15.6. The average Bonchev–Trinajstić information content (AvgIpc) is 3.07. The van der Waals surface area contributed by atoms with Gasteiger partial charge in [0.1, 0.15) is 5.67 Å². The first kappa shape index (κ1) is 18.2. The summed E-state index contributed by atoms with van der Waals surface area (Å²) in [5, 5.41) is 1.30. The number of rotatable bonds is 3. The second kappa shape index (κ2) is 6.47. The number of nitrogens with zero attached hydrogens (tertiary/aromatic N) is 1. The van der Waals surface area contributed by atoms with Gasteiger partial charge in [-0.2, -0.15) is 0 Å². The van der Waals surface area contributed by atoms with E-state index in [2.05, 4.69) is 70.0 Å². The van der Waals surface area contributed by atoms with E-state index in [0.717, 1.165) is 10.2 Å². The van der Waals surface area contributed by atoms with Crippen LogP contribution in [0.25, 0.3) is 10.9 Å². The molecule has 2 atom stereocenters. The van der Waals surface area contributed by atoms with E-state index in [4.69, 9.17) is 0 Å². The molecule has 0 spiro atoms. The van der Waals surface area contributed by atoms with Crippen LogP contribution in [0.1, 0.15) is 48.5 Å². The van der Waals surface area contributed by atoms with Crippen molar-refractivity contribution in [2.75, 3.05) is 6.54 Å². The summed E-state index contributed by atoms with van der Waals surface area (Å²) in [7, 11) is 0. The van der Waals surface area contributed by atoms with E-state index in [9.17, 15) is 4.39 Å². The minimum Gasteiger partial charge on any atom is -0.357 e. The first-order valence-corrected chi connectivity index (χ1v) is 10.7. The summed E-state index contributed by atoms with van der Waals surface area (Å²) >= 11 is 5.43. The fourth-order valence-corrected chi connectivity index (χ4v) is 5.82. The number of alkyl halides is 1. The second-order valence-electron chi connectivity index (χ2n) is 8.02. The van der Waals surface area contributed by atoms with Gasteiger partial charge in [-0.25, -0.2) is 4.39 Å². The van der Waals surface area contributed by atoms with Crippen molar-refractivity contribution >= 4 is 38.2 Å². The van der Waals surface area contributed by atoms with E-state index >= 15 is 0 Å². The molecule has 1 aliphatic rings. The molecule has 0 amide bonds. The number of aromatic amines is 1. The maximum absolute atomic E-state index is 14.6. The van der Waals surface area contributed by atoms with Crippen molar-refractivity contribution in [3.63, 3.8) is 0 Å². The molecule has 1 aromatic carbocycles. The zero-order valence-corrected chi connectivity index (χ0v) is 18.0. The molecule has 0 saturated heterocycles. The number of aryl methyl sites for hydroxylation is 1. The van der Waals surface area contributed by atoms with Gasteiger partial charge in [0.15, 0.2) is 0 Å². The number of hydrogen-bond acceptors (Lipinski definition) is 2. The molecular weight excluding hydrogens is 411 g/mol. The maximum Gasteiger partial charge on any atom is 0.118 e. The van der Waals surface area contributed by atoms with Gasteiger partial charge < -0.3 is 4.98 Å². The molecule has 1 N–H and O–H groups in total. The van der Waals surface area contributed by atoms with Gasteiger partial charge in [0, 0.05) is 34.1 Å². The molecular formula is C21H24BrFN2S. The Morgan fingerprint density at radius 3 is 2.73 bits per heavy atom. The summed E-state index contributed by atoms with van der Waals surface area (Å²) in [4.78, 5) is 7.25. The Balaban J connectivity index is 1.91. The molecule has 2 nitrogen and oxygen atoms in total. The molecule has 138 valence electrons. The Labute approximate surface area is 166 Å². The Morgan fingerprint density at radius 1 is 1.35 bits per heavy atom. The lowest BCUT2D eigenvalue weighted by molar-refractivity contribution is 0.0679. The van der Waals surface area contributed by atoms with Crippen molar-refractivity contribution in [3.05, 3.63) is 55.8 Å². The molecule has 3 heterocycles. The number of hydrogen-bond donors (Lipinski definition) is 1. The number of H-pyrrole nitrogens is 1. The van der Waals surface area contributed by atoms with Crippen LogP contribution in [0.15, 0.2) is 34.1 Å². The molecule has 0 bridgehead atoms. The van der Waals surface area contributed by atoms with Crippen LogP contribution in [0.5, 0.6) is 0 Å². The van der Waals surface area contributed by atoms with Crippen LogP contribution in [-0.4, -0.2) is 28.1 Å². The lowest BCUT2D eigenvalue weighted by Gasteiger charge is -2.42. The number of benzene rings is 1. The van der Waals surface area contributed by atoms with Crippen molar-refractivity contribution in [1.29, 1.82) is 0 Å². The van der Waals surface area contributed by atoms with Crippen molar-refractivity contribution in [2.45, 2.75) is 51.9 Å². The van der Waals surface area contributed by atoms with E-state index in [1.54, 1.807) is 25.2 Å². The highest BCUT2D eigenvalue weighted by molar-refractivity contribution is 9.11. The van der Waals surface area contributed by atoms with Gasteiger partial charge in [0.25, 0.3) is 0 Å². The minimum atomic E-state index is -1.24. The predicted molar refractivity (Wildman–Crippen MR) is 112 cm³/mol. The molecule has 0 unspecified atom stereocenters. The van der Waals surface area contributed by atoms with Crippen LogP contribution in [0, 0.1) is 6.92 Å². The fourth-order valence-electron chi connectivity index (χ4n) is 4.11. The maximum atomic E-state index is 14.6. The molecule has 0 fully saturated rings. The Morgan fingerprint density at radius 2 is 2.08 bits per heavy atom. The summed E-state index contributed by atoms with van der Waals surface area (Å²) < 4.78 is 15.8. The highest BCUT2D eigenvalue weighted by Gasteiger charge is 2.39. The number of aromatic nitrogens is 1. The van der Waals surface area contributed by atoms with Gasteiger partial charge in [0.2, 0.25) is 0 Å². The SMILES string of the molecule is Cc1cc([C@@H]2c3[nH]c4ccccc4c3C[C@@H](C)N2CC(C)(C)F)sc1Br. The van der Waals surface area contributed by atoms with Crippen LogP contribution >= 0.6 is 27.3 Å². The van der Waals surface area contributed by atoms with E-state index < -0.39 is 5.67 Å². The van der Waals surface area contributed by atoms with E-state index in [-0.39, 0.29) is 12.1 Å². The highest BCUT2D eigenvalue weighted by Crippen LogP contribution is 2.45. The van der Waals surface area contributed by atoms with Crippen molar-refractivity contribution < 1.29 is 4.39 Å². The molecule has 0 radical (unpaired) electrons. The third kappa shape index (κ3) is 3.14. The topological polar surface area (TPSA) is 19.0 Å². The molecule has 3 aromatic rings. The molecule has 26 heavy (non-hydrogen) atoms. The number of thiophene rings is 1. The van der Waals surface area contributed by atoms with Gasteiger partial charge in [-0.3, -0.25) is 4.90 Å². The van der Waals surface area contributed by atoms with Crippen molar-refractivity contribution in [1.82, 2.24) is 9.88 Å². The van der Waals surface area contributed by atoms with Crippen molar-refractivity contribution in [3.8, 4) is 0 Å². The second-order valence-corrected chi connectivity index (χ2v) is 10.4. The van der Waals surface area contributed by atoms with Gasteiger partial charge in [-0.05, 0) is 73.3 Å². The largest absolute Gasteiger partial charge is 0.357 e. The molecule has 0 aliphatic carbocycles. The van der Waals surface area contributed by atoms with E-state index in [1.165, 1.54) is 32.6 Å². The van der Waals surface area contributed by atoms with Crippen molar-refractivity contribution in [2.24, 2.45) is 0 Å². The number of fused-ring (bicyclic) bond motifs is 3. The first-order valence-electron chi connectivity index (χ1n) is 9.04. The molecule has 2 aromatic heterocycles. The quantitative estimate of drug-likeness (QED) is 0.506. The Bertz CT molecular complexity index is 933. The average molecular weight is 435 g/mol. The predicted octanol–water partition coefficient (Wildman–Crippen LogP) is 6.38. The van der Waals surface area contributed by atoms with Crippen LogP contribution < -0.4 is 0 Å². The number of para-hydroxylation sites is 1. The van der Waals surface area contributed by atoms with Gasteiger partial charge in [0.05, 0.1) is 9.83 Å². The monoisotopic (exact) mass is 434 g/mol. The van der Waals surface area contributed by atoms with E-state index in [1.807, 2.05) is 0 Å². The van der Waals surface area contributed by atoms with Crippen LogP contribution in [0.2, 0.25) is 0 Å². The molecule has 0 saturated carbocycles. The van der Waals surface area contributed by atoms with Crippen LogP contribution in [0.3, 0.4) is 0 Å². The van der Waals surface area contributed by atoms with Crippen LogP contribution in [0.4, 0.5) is 4.39 Å². The Hall–Kier alpha value is -1.17. The van der Waals surface area contributed by atoms with Gasteiger partial charge in [-0.15, -0.1) is 11.3 Å². The Kier molecular flexibility index (Phi) is 4.53.